The lowest BCUT2D eigenvalue weighted by molar-refractivity contribution is -0.137. The lowest BCUT2D eigenvalue weighted by Crippen LogP contribution is -2.32. The summed E-state index contributed by atoms with van der Waals surface area (Å²) in [5.74, 6) is 0.0784. The second-order valence-corrected chi connectivity index (χ2v) is 8.03. The Bertz CT molecular complexity index is 1400. The van der Waals surface area contributed by atoms with Gasteiger partial charge in [0, 0.05) is 36.4 Å². The number of amides is 1. The van der Waals surface area contributed by atoms with E-state index in [1.54, 1.807) is 18.2 Å². The Labute approximate surface area is 197 Å². The van der Waals surface area contributed by atoms with E-state index >= 15 is 0 Å². The van der Waals surface area contributed by atoms with Crippen LogP contribution in [-0.2, 0) is 17.5 Å². The largest absolute Gasteiger partial charge is 0.453 e. The van der Waals surface area contributed by atoms with E-state index in [1.165, 1.54) is 13.3 Å². The Morgan fingerprint density at radius 2 is 2.00 bits per heavy atom. The summed E-state index contributed by atoms with van der Waals surface area (Å²) in [6.07, 6.45) is -3.13. The number of methoxy groups -OCH3 is 1. The van der Waals surface area contributed by atoms with Gasteiger partial charge < -0.3 is 20.4 Å². The Balaban J connectivity index is 1.57. The molecule has 4 aromatic rings. The van der Waals surface area contributed by atoms with Crippen molar-refractivity contribution < 1.29 is 22.7 Å². The number of ether oxygens (including phenoxy) is 1. The molecule has 3 heterocycles. The van der Waals surface area contributed by atoms with Crippen LogP contribution in [0.15, 0.2) is 54.9 Å². The van der Waals surface area contributed by atoms with Crippen LogP contribution >= 0.6 is 0 Å². The van der Waals surface area contributed by atoms with Crippen molar-refractivity contribution in [2.75, 3.05) is 24.3 Å². The molecular weight excluding hydrogens is 461 g/mol. The predicted octanol–water partition coefficient (Wildman–Crippen LogP) is 5.08. The number of halogens is 3. The van der Waals surface area contributed by atoms with Crippen LogP contribution < -0.4 is 16.0 Å². The Morgan fingerprint density at radius 1 is 1.17 bits per heavy atom. The van der Waals surface area contributed by atoms with Crippen LogP contribution in [-0.4, -0.2) is 34.7 Å². The van der Waals surface area contributed by atoms with Crippen molar-refractivity contribution in [1.29, 1.82) is 0 Å². The summed E-state index contributed by atoms with van der Waals surface area (Å²) in [5, 5.41) is 9.48. The molecule has 0 saturated heterocycles. The van der Waals surface area contributed by atoms with Crippen LogP contribution in [0.3, 0.4) is 0 Å². The average molecular weight is 482 g/mol. The predicted molar refractivity (Wildman–Crippen MR) is 125 cm³/mol. The van der Waals surface area contributed by atoms with Crippen LogP contribution in [0.25, 0.3) is 22.2 Å². The van der Waals surface area contributed by atoms with Crippen LogP contribution in [0, 0.1) is 0 Å². The minimum atomic E-state index is -4.67. The minimum absolute atomic E-state index is 0.0784. The van der Waals surface area contributed by atoms with Crippen LogP contribution in [0.5, 0.6) is 0 Å². The van der Waals surface area contributed by atoms with Gasteiger partial charge in [-0.15, -0.1) is 0 Å². The summed E-state index contributed by atoms with van der Waals surface area (Å²) >= 11 is 0. The average Bonchev–Trinajstić information content (AvgIpc) is 3.29. The number of rotatable bonds is 4. The number of aromatic nitrogens is 3. The zero-order valence-electron chi connectivity index (χ0n) is 18.5. The molecule has 1 atom stereocenters. The van der Waals surface area contributed by atoms with Crippen LogP contribution in [0.4, 0.5) is 29.6 Å². The standard InChI is InChI=1S/C24H21F3N6O2/c1-35-23(34)32-18-8-4-7-15-16(10-29-21(15)18)20-17(24(25,26)27)11-30-22(33-20)31-19-12-28-9-13-5-2-3-6-14(13)19/h2-8,10-11,19,28-29H,9,12H2,1H3,(H,32,34)(H,30,31,33)/t19-/m1/s1. The van der Waals surface area contributed by atoms with Gasteiger partial charge in [-0.1, -0.05) is 36.4 Å². The molecule has 0 spiro atoms. The fraction of sp³-hybridized carbons (Fsp3) is 0.208. The third kappa shape index (κ3) is 4.37. The molecule has 0 unspecified atom stereocenters. The highest BCUT2D eigenvalue weighted by atomic mass is 19.4. The van der Waals surface area contributed by atoms with E-state index in [9.17, 15) is 18.0 Å². The first-order valence-corrected chi connectivity index (χ1v) is 10.8. The lowest BCUT2D eigenvalue weighted by Gasteiger charge is -2.27. The fourth-order valence-corrected chi connectivity index (χ4v) is 4.26. The molecule has 0 aliphatic carbocycles. The highest BCUT2D eigenvalue weighted by Gasteiger charge is 2.36. The highest BCUT2D eigenvalue weighted by molar-refractivity contribution is 6.04. The molecule has 2 aromatic heterocycles. The van der Waals surface area contributed by atoms with Crippen molar-refractivity contribution in [3.05, 3.63) is 71.5 Å². The van der Waals surface area contributed by atoms with Crippen molar-refractivity contribution in [3.8, 4) is 11.3 Å². The number of hydrogen-bond acceptors (Lipinski definition) is 6. The zero-order valence-corrected chi connectivity index (χ0v) is 18.5. The quantitative estimate of drug-likeness (QED) is 0.324. The second-order valence-electron chi connectivity index (χ2n) is 8.03. The van der Waals surface area contributed by atoms with Crippen LogP contribution in [0.2, 0.25) is 0 Å². The number of para-hydroxylation sites is 1. The Morgan fingerprint density at radius 3 is 2.80 bits per heavy atom. The van der Waals surface area contributed by atoms with E-state index in [-0.39, 0.29) is 23.2 Å². The van der Waals surface area contributed by atoms with Crippen molar-refractivity contribution in [3.63, 3.8) is 0 Å². The van der Waals surface area contributed by atoms with E-state index < -0.39 is 17.8 Å². The van der Waals surface area contributed by atoms with Crippen molar-refractivity contribution in [2.45, 2.75) is 18.8 Å². The van der Waals surface area contributed by atoms with Gasteiger partial charge in [0.15, 0.2) is 0 Å². The van der Waals surface area contributed by atoms with E-state index in [4.69, 9.17) is 0 Å². The molecule has 2 aromatic carbocycles. The number of alkyl halides is 3. The molecule has 1 aliphatic rings. The summed E-state index contributed by atoms with van der Waals surface area (Å²) in [4.78, 5) is 22.9. The van der Waals surface area contributed by atoms with Gasteiger partial charge in [0.1, 0.15) is 5.56 Å². The van der Waals surface area contributed by atoms with Gasteiger partial charge in [-0.25, -0.2) is 14.8 Å². The van der Waals surface area contributed by atoms with E-state index in [1.807, 2.05) is 24.3 Å². The van der Waals surface area contributed by atoms with Gasteiger partial charge in [0.25, 0.3) is 0 Å². The van der Waals surface area contributed by atoms with Crippen molar-refractivity contribution in [2.24, 2.45) is 0 Å². The number of fused-ring (bicyclic) bond motifs is 2. The lowest BCUT2D eigenvalue weighted by atomic mass is 9.97. The number of anilines is 2. The van der Waals surface area contributed by atoms with Gasteiger partial charge in [-0.2, -0.15) is 13.2 Å². The molecule has 35 heavy (non-hydrogen) atoms. The smallest absolute Gasteiger partial charge is 0.419 e. The number of H-pyrrole nitrogens is 1. The second kappa shape index (κ2) is 8.91. The first-order valence-electron chi connectivity index (χ1n) is 10.8. The van der Waals surface area contributed by atoms with Gasteiger partial charge in [0.2, 0.25) is 5.95 Å². The number of hydrogen-bond donors (Lipinski definition) is 4. The molecule has 11 heteroatoms. The van der Waals surface area contributed by atoms with E-state index in [0.29, 0.717) is 29.7 Å². The number of nitrogens with zero attached hydrogens (tertiary/aromatic N) is 2. The van der Waals surface area contributed by atoms with Crippen molar-refractivity contribution >= 4 is 28.6 Å². The Hall–Kier alpha value is -4.12. The molecule has 1 aliphatic heterocycles. The van der Waals surface area contributed by atoms with Gasteiger partial charge >= 0.3 is 12.3 Å². The van der Waals surface area contributed by atoms with Crippen LogP contribution in [0.1, 0.15) is 22.7 Å². The number of carbonyl (C=O) groups is 1. The summed E-state index contributed by atoms with van der Waals surface area (Å²) in [6.45, 7) is 1.29. The molecule has 0 saturated carbocycles. The Kier molecular flexibility index (Phi) is 5.77. The summed E-state index contributed by atoms with van der Waals surface area (Å²) in [7, 11) is 1.22. The SMILES string of the molecule is COC(=O)Nc1cccc2c(-c3nc(N[C@@H]4CNCc5ccccc54)ncc3C(F)(F)F)c[nH]c12. The molecule has 4 N–H and O–H groups in total. The maximum Gasteiger partial charge on any atom is 0.419 e. The number of nitrogens with one attached hydrogen (secondary N) is 4. The van der Waals surface area contributed by atoms with Crippen molar-refractivity contribution in [1.82, 2.24) is 20.3 Å². The first kappa shape index (κ1) is 22.7. The molecular formula is C24H21F3N6O2. The minimum Gasteiger partial charge on any atom is -0.453 e. The summed E-state index contributed by atoms with van der Waals surface area (Å²) in [6, 6.07) is 12.5. The zero-order chi connectivity index (χ0) is 24.6. The number of benzene rings is 2. The molecule has 1 amide bonds. The molecule has 180 valence electrons. The summed E-state index contributed by atoms with van der Waals surface area (Å²) < 4.78 is 46.4. The molecule has 0 radical (unpaired) electrons. The van der Waals surface area contributed by atoms with Gasteiger partial charge in [-0.05, 0) is 17.2 Å². The summed E-state index contributed by atoms with van der Waals surface area (Å²) in [5.41, 5.74) is 1.96. The van der Waals surface area contributed by atoms with E-state index in [2.05, 4.69) is 35.6 Å². The normalized spacial score (nSPS) is 15.5. The van der Waals surface area contributed by atoms with Gasteiger partial charge in [-0.3, -0.25) is 5.32 Å². The number of aromatic amines is 1. The maximum absolute atomic E-state index is 13.9. The fourth-order valence-electron chi connectivity index (χ4n) is 4.26. The molecule has 5 rings (SSSR count). The first-order chi connectivity index (χ1) is 16.8. The highest BCUT2D eigenvalue weighted by Crippen LogP contribution is 2.40. The monoisotopic (exact) mass is 482 g/mol. The molecule has 0 bridgehead atoms. The third-order valence-corrected chi connectivity index (χ3v) is 5.88. The maximum atomic E-state index is 13.9. The number of carbonyl (C=O) groups excluding carboxylic acids is 1. The third-order valence-electron chi connectivity index (χ3n) is 5.88. The van der Waals surface area contributed by atoms with Gasteiger partial charge in [0.05, 0.1) is 30.0 Å². The molecule has 8 nitrogen and oxygen atoms in total. The molecule has 0 fully saturated rings. The topological polar surface area (TPSA) is 104 Å². The van der Waals surface area contributed by atoms with E-state index in [0.717, 1.165) is 17.3 Å².